The Hall–Kier alpha value is -1.18. The topological polar surface area (TPSA) is 87.9 Å². The summed E-state index contributed by atoms with van der Waals surface area (Å²) in [5.74, 6) is 0.161. The van der Waals surface area contributed by atoms with Crippen molar-refractivity contribution in [3.63, 3.8) is 0 Å². The van der Waals surface area contributed by atoms with Crippen molar-refractivity contribution < 1.29 is 14.3 Å². The number of morpholine rings is 1. The predicted molar refractivity (Wildman–Crippen MR) is 99.6 cm³/mol. The molecule has 2 aliphatic heterocycles. The Morgan fingerprint density at radius 3 is 2.54 bits per heavy atom. The number of hydrogen-bond acceptors (Lipinski definition) is 5. The van der Waals surface area contributed by atoms with Crippen molar-refractivity contribution in [1.82, 2.24) is 15.1 Å². The predicted octanol–water partition coefficient (Wildman–Crippen LogP) is 0.335. The van der Waals surface area contributed by atoms with Gasteiger partial charge >= 0.3 is 0 Å². The third kappa shape index (κ3) is 4.56. The lowest BCUT2D eigenvalue weighted by Crippen LogP contribution is -2.55. The van der Waals surface area contributed by atoms with Crippen LogP contribution in [0, 0.1) is 5.92 Å². The zero-order valence-corrected chi connectivity index (χ0v) is 15.9. The second kappa shape index (κ2) is 9.15. The molecular weight excluding hydrogens is 332 g/mol. The lowest BCUT2D eigenvalue weighted by atomic mass is 9.88. The van der Waals surface area contributed by atoms with Crippen LogP contribution in [-0.4, -0.2) is 79.6 Å². The Morgan fingerprint density at radius 2 is 1.85 bits per heavy atom. The third-order valence-electron chi connectivity index (χ3n) is 6.28. The Morgan fingerprint density at radius 1 is 1.12 bits per heavy atom. The van der Waals surface area contributed by atoms with Gasteiger partial charge in [-0.05, 0) is 25.7 Å². The van der Waals surface area contributed by atoms with Gasteiger partial charge in [-0.25, -0.2) is 0 Å². The van der Waals surface area contributed by atoms with E-state index >= 15 is 0 Å². The largest absolute Gasteiger partial charge is 0.379 e. The second-order valence-electron chi connectivity index (χ2n) is 7.97. The molecule has 3 rings (SSSR count). The van der Waals surface area contributed by atoms with Crippen molar-refractivity contribution in [1.29, 1.82) is 0 Å². The number of likely N-dealkylation sites (tertiary alicyclic amines) is 1. The monoisotopic (exact) mass is 366 g/mol. The molecule has 0 aromatic carbocycles. The average molecular weight is 367 g/mol. The highest BCUT2D eigenvalue weighted by atomic mass is 16.5. The quantitative estimate of drug-likeness (QED) is 0.708. The SMILES string of the molecule is NCCNC(=O)C1CCCN(C(=O)CC2(N3CCOCC3)CCCC2)C1. The molecule has 7 heteroatoms. The van der Waals surface area contributed by atoms with Gasteiger partial charge < -0.3 is 20.7 Å². The first-order valence-corrected chi connectivity index (χ1v) is 10.2. The van der Waals surface area contributed by atoms with E-state index in [1.54, 1.807) is 0 Å². The van der Waals surface area contributed by atoms with Gasteiger partial charge in [0.15, 0.2) is 0 Å². The third-order valence-corrected chi connectivity index (χ3v) is 6.28. The van der Waals surface area contributed by atoms with Crippen LogP contribution >= 0.6 is 0 Å². The molecule has 0 aromatic heterocycles. The van der Waals surface area contributed by atoms with Gasteiger partial charge in [-0.15, -0.1) is 0 Å². The molecule has 0 spiro atoms. The Balaban J connectivity index is 1.59. The van der Waals surface area contributed by atoms with Crippen molar-refractivity contribution in [2.24, 2.45) is 11.7 Å². The van der Waals surface area contributed by atoms with E-state index in [9.17, 15) is 9.59 Å². The Labute approximate surface area is 156 Å². The van der Waals surface area contributed by atoms with E-state index in [-0.39, 0.29) is 23.3 Å². The number of nitrogens with one attached hydrogen (secondary N) is 1. The summed E-state index contributed by atoms with van der Waals surface area (Å²) in [5, 5.41) is 2.87. The number of nitrogens with two attached hydrogens (primary N) is 1. The smallest absolute Gasteiger partial charge is 0.224 e. The van der Waals surface area contributed by atoms with E-state index in [1.165, 1.54) is 12.8 Å². The summed E-state index contributed by atoms with van der Waals surface area (Å²) < 4.78 is 5.51. The van der Waals surface area contributed by atoms with E-state index in [0.717, 1.165) is 58.5 Å². The minimum Gasteiger partial charge on any atom is -0.379 e. The summed E-state index contributed by atoms with van der Waals surface area (Å²) in [5.41, 5.74) is 5.48. The van der Waals surface area contributed by atoms with Crippen LogP contribution in [-0.2, 0) is 14.3 Å². The molecule has 1 unspecified atom stereocenters. The normalized spacial score (nSPS) is 26.7. The average Bonchev–Trinajstić information content (AvgIpc) is 3.16. The highest BCUT2D eigenvalue weighted by molar-refractivity contribution is 5.81. The van der Waals surface area contributed by atoms with Gasteiger partial charge in [-0.1, -0.05) is 12.8 Å². The van der Waals surface area contributed by atoms with Gasteiger partial charge in [0.2, 0.25) is 11.8 Å². The molecule has 1 saturated carbocycles. The van der Waals surface area contributed by atoms with Gasteiger partial charge in [0.05, 0.1) is 19.1 Å². The molecule has 148 valence electrons. The van der Waals surface area contributed by atoms with Crippen molar-refractivity contribution in [2.75, 3.05) is 52.5 Å². The molecule has 1 aliphatic carbocycles. The number of piperidine rings is 1. The zero-order chi connectivity index (χ0) is 18.4. The van der Waals surface area contributed by atoms with Gasteiger partial charge in [0.1, 0.15) is 0 Å². The molecule has 3 N–H and O–H groups in total. The summed E-state index contributed by atoms with van der Waals surface area (Å²) in [6, 6.07) is 0. The van der Waals surface area contributed by atoms with Crippen molar-refractivity contribution in [3.8, 4) is 0 Å². The van der Waals surface area contributed by atoms with Crippen molar-refractivity contribution in [3.05, 3.63) is 0 Å². The number of rotatable bonds is 6. The number of nitrogens with zero attached hydrogens (tertiary/aromatic N) is 2. The minimum absolute atomic E-state index is 0.00954. The minimum atomic E-state index is -0.0952. The molecule has 2 saturated heterocycles. The van der Waals surface area contributed by atoms with Crippen molar-refractivity contribution in [2.45, 2.75) is 50.5 Å². The number of carbonyl (C=O) groups is 2. The lowest BCUT2D eigenvalue weighted by Gasteiger charge is -2.44. The molecule has 0 aromatic rings. The fraction of sp³-hybridized carbons (Fsp3) is 0.895. The summed E-state index contributed by atoms with van der Waals surface area (Å²) in [7, 11) is 0. The van der Waals surface area contributed by atoms with Crippen LogP contribution in [0.1, 0.15) is 44.9 Å². The number of carbonyl (C=O) groups excluding carboxylic acids is 2. The standard InChI is InChI=1S/C19H34N4O3/c20-7-8-21-18(25)16-4-3-9-22(15-16)17(24)14-19(5-1-2-6-19)23-10-12-26-13-11-23/h16H,1-15,20H2,(H,21,25). The molecule has 1 atom stereocenters. The first-order chi connectivity index (χ1) is 12.6. The van der Waals surface area contributed by atoms with E-state index in [0.29, 0.717) is 26.1 Å². The van der Waals surface area contributed by atoms with Crippen LogP contribution in [0.15, 0.2) is 0 Å². The first-order valence-electron chi connectivity index (χ1n) is 10.2. The first kappa shape index (κ1) is 19.6. The molecule has 0 radical (unpaired) electrons. The molecule has 3 fully saturated rings. The number of ether oxygens (including phenoxy) is 1. The lowest BCUT2D eigenvalue weighted by molar-refractivity contribution is -0.139. The van der Waals surface area contributed by atoms with E-state index in [1.807, 2.05) is 4.90 Å². The van der Waals surface area contributed by atoms with Gasteiger partial charge in [-0.3, -0.25) is 14.5 Å². The molecule has 2 amide bonds. The molecule has 2 heterocycles. The van der Waals surface area contributed by atoms with Crippen LogP contribution < -0.4 is 11.1 Å². The van der Waals surface area contributed by atoms with Crippen LogP contribution in [0.5, 0.6) is 0 Å². The molecule has 26 heavy (non-hydrogen) atoms. The molecule has 7 nitrogen and oxygen atoms in total. The maximum atomic E-state index is 13.1. The van der Waals surface area contributed by atoms with E-state index in [4.69, 9.17) is 10.5 Å². The highest BCUT2D eigenvalue weighted by Crippen LogP contribution is 2.39. The summed E-state index contributed by atoms with van der Waals surface area (Å²) >= 11 is 0. The van der Waals surface area contributed by atoms with E-state index in [2.05, 4.69) is 10.2 Å². The van der Waals surface area contributed by atoms with Crippen LogP contribution in [0.3, 0.4) is 0 Å². The van der Waals surface area contributed by atoms with Gasteiger partial charge in [-0.2, -0.15) is 0 Å². The van der Waals surface area contributed by atoms with Crippen LogP contribution in [0.4, 0.5) is 0 Å². The maximum absolute atomic E-state index is 13.1. The summed E-state index contributed by atoms with van der Waals surface area (Å²) in [6.45, 7) is 5.67. The highest BCUT2D eigenvalue weighted by Gasteiger charge is 2.43. The van der Waals surface area contributed by atoms with Crippen LogP contribution in [0.2, 0.25) is 0 Å². The Kier molecular flexibility index (Phi) is 6.89. The number of hydrogen-bond donors (Lipinski definition) is 2. The fourth-order valence-electron chi connectivity index (χ4n) is 4.83. The van der Waals surface area contributed by atoms with Crippen LogP contribution in [0.25, 0.3) is 0 Å². The van der Waals surface area contributed by atoms with E-state index < -0.39 is 0 Å². The number of amides is 2. The second-order valence-corrected chi connectivity index (χ2v) is 7.97. The maximum Gasteiger partial charge on any atom is 0.224 e. The summed E-state index contributed by atoms with van der Waals surface area (Å²) in [6.07, 6.45) is 6.96. The van der Waals surface area contributed by atoms with Crippen molar-refractivity contribution >= 4 is 11.8 Å². The van der Waals surface area contributed by atoms with Gasteiger partial charge in [0, 0.05) is 51.2 Å². The zero-order valence-electron chi connectivity index (χ0n) is 15.9. The fourth-order valence-corrected chi connectivity index (χ4v) is 4.83. The molecule has 3 aliphatic rings. The summed E-state index contributed by atoms with van der Waals surface area (Å²) in [4.78, 5) is 29.8. The molecule has 0 bridgehead atoms. The molecular formula is C19H34N4O3. The Bertz CT molecular complexity index is 487. The van der Waals surface area contributed by atoms with Gasteiger partial charge in [0.25, 0.3) is 0 Å².